The predicted octanol–water partition coefficient (Wildman–Crippen LogP) is 3.65. The van der Waals surface area contributed by atoms with Gasteiger partial charge in [0.25, 0.3) is 0 Å². The molecule has 0 aliphatic carbocycles. The lowest BCUT2D eigenvalue weighted by Gasteiger charge is -2.06. The molecule has 0 amide bonds. The number of ether oxygens (including phenoxy) is 1. The van der Waals surface area contributed by atoms with Gasteiger partial charge in [-0.15, -0.1) is 0 Å². The normalized spacial score (nSPS) is 10.8. The maximum atomic E-state index is 11.7. The molecule has 1 aromatic carbocycles. The van der Waals surface area contributed by atoms with Crippen LogP contribution in [0.2, 0.25) is 0 Å². The van der Waals surface area contributed by atoms with Crippen LogP contribution in [0.4, 0.5) is 0 Å². The van der Waals surface area contributed by atoms with E-state index >= 15 is 0 Å². The summed E-state index contributed by atoms with van der Waals surface area (Å²) in [5.74, 6) is 0.408. The molecule has 0 fully saturated rings. The van der Waals surface area contributed by atoms with Gasteiger partial charge in [-0.3, -0.25) is 4.79 Å². The van der Waals surface area contributed by atoms with Crippen molar-refractivity contribution < 1.29 is 19.1 Å². The van der Waals surface area contributed by atoms with Crippen molar-refractivity contribution in [3.63, 3.8) is 0 Å². The first-order chi connectivity index (χ1) is 9.11. The van der Waals surface area contributed by atoms with Gasteiger partial charge in [0.15, 0.2) is 17.3 Å². The number of hydrogen-bond acceptors (Lipinski definition) is 4. The van der Waals surface area contributed by atoms with Crippen LogP contribution in [0.25, 0.3) is 6.08 Å². The average molecular weight is 323 g/mol. The van der Waals surface area contributed by atoms with Crippen LogP contribution in [0.15, 0.2) is 45.5 Å². The monoisotopic (exact) mass is 322 g/mol. The zero-order valence-electron chi connectivity index (χ0n) is 10.1. The number of rotatable bonds is 4. The molecule has 0 unspecified atom stereocenters. The summed E-state index contributed by atoms with van der Waals surface area (Å²) in [4.78, 5) is 11.7. The Morgan fingerprint density at radius 1 is 1.47 bits per heavy atom. The molecule has 0 aliphatic rings. The van der Waals surface area contributed by atoms with Crippen molar-refractivity contribution >= 4 is 27.8 Å². The molecular weight excluding hydrogens is 312 g/mol. The zero-order valence-corrected chi connectivity index (χ0v) is 11.7. The first kappa shape index (κ1) is 13.4. The number of phenolic OH excluding ortho intramolecular Hbond substituents is 1. The minimum Gasteiger partial charge on any atom is -0.503 e. The van der Waals surface area contributed by atoms with Crippen LogP contribution in [0.3, 0.4) is 0 Å². The van der Waals surface area contributed by atoms with E-state index in [9.17, 15) is 9.90 Å². The second-order valence-corrected chi connectivity index (χ2v) is 4.58. The summed E-state index contributed by atoms with van der Waals surface area (Å²) >= 11 is 3.22. The molecule has 0 atom stereocenters. The summed E-state index contributed by atoms with van der Waals surface area (Å²) in [6, 6.07) is 6.57. The van der Waals surface area contributed by atoms with E-state index in [-0.39, 0.29) is 17.3 Å². The van der Waals surface area contributed by atoms with Crippen LogP contribution in [0, 0.1) is 0 Å². The van der Waals surface area contributed by atoms with Gasteiger partial charge in [-0.1, -0.05) is 6.08 Å². The molecule has 1 aromatic heterocycles. The first-order valence-corrected chi connectivity index (χ1v) is 6.23. The molecule has 1 N–H and O–H groups in total. The molecule has 0 saturated carbocycles. The van der Waals surface area contributed by atoms with Gasteiger partial charge < -0.3 is 14.3 Å². The van der Waals surface area contributed by atoms with Crippen LogP contribution in [0.1, 0.15) is 16.1 Å². The van der Waals surface area contributed by atoms with Gasteiger partial charge in [0.1, 0.15) is 0 Å². The molecular formula is C14H11BrO4. The summed E-state index contributed by atoms with van der Waals surface area (Å²) in [6.07, 6.45) is 4.47. The number of hydrogen-bond donors (Lipinski definition) is 1. The fourth-order valence-corrected chi connectivity index (χ4v) is 1.98. The molecule has 2 aromatic rings. The number of ketones is 1. The van der Waals surface area contributed by atoms with Gasteiger partial charge in [-0.25, -0.2) is 0 Å². The third-order valence-corrected chi connectivity index (χ3v) is 3.07. The smallest absolute Gasteiger partial charge is 0.221 e. The van der Waals surface area contributed by atoms with Crippen molar-refractivity contribution in [2.45, 2.75) is 0 Å². The third-order valence-electron chi connectivity index (χ3n) is 2.46. The predicted molar refractivity (Wildman–Crippen MR) is 74.4 cm³/mol. The second-order valence-electron chi connectivity index (χ2n) is 3.73. The maximum Gasteiger partial charge on any atom is 0.221 e. The van der Waals surface area contributed by atoms with E-state index in [0.717, 1.165) is 5.56 Å². The third kappa shape index (κ3) is 3.06. The van der Waals surface area contributed by atoms with Gasteiger partial charge >= 0.3 is 0 Å². The number of halogens is 1. The Morgan fingerprint density at radius 3 is 2.89 bits per heavy atom. The number of methoxy groups -OCH3 is 1. The van der Waals surface area contributed by atoms with Crippen molar-refractivity contribution in [2.24, 2.45) is 0 Å². The highest BCUT2D eigenvalue weighted by atomic mass is 79.9. The van der Waals surface area contributed by atoms with Crippen LogP contribution < -0.4 is 4.74 Å². The van der Waals surface area contributed by atoms with E-state index in [0.29, 0.717) is 10.2 Å². The Balaban J connectivity index is 2.24. The lowest BCUT2D eigenvalue weighted by molar-refractivity contribution is 0.102. The van der Waals surface area contributed by atoms with E-state index in [1.54, 1.807) is 30.3 Å². The summed E-state index contributed by atoms with van der Waals surface area (Å²) in [6.45, 7) is 0. The van der Waals surface area contributed by atoms with Gasteiger partial charge in [0.05, 0.1) is 17.8 Å². The molecule has 0 spiro atoms. The standard InChI is InChI=1S/C14H11BrO4/c1-18-13-8-9(7-10(15)14(13)17)4-5-11(16)12-3-2-6-19-12/h2-8,17H,1H3/b5-4-. The number of phenols is 1. The number of allylic oxidation sites excluding steroid dienone is 1. The van der Waals surface area contributed by atoms with Crippen molar-refractivity contribution in [1.82, 2.24) is 0 Å². The molecule has 5 heteroatoms. The van der Waals surface area contributed by atoms with Crippen LogP contribution in [-0.4, -0.2) is 18.0 Å². The van der Waals surface area contributed by atoms with E-state index in [4.69, 9.17) is 9.15 Å². The van der Waals surface area contributed by atoms with E-state index < -0.39 is 0 Å². The van der Waals surface area contributed by atoms with Gasteiger partial charge in [-0.05, 0) is 51.8 Å². The molecule has 0 aliphatic heterocycles. The van der Waals surface area contributed by atoms with Gasteiger partial charge in [-0.2, -0.15) is 0 Å². The Morgan fingerprint density at radius 2 is 2.26 bits per heavy atom. The highest BCUT2D eigenvalue weighted by molar-refractivity contribution is 9.10. The van der Waals surface area contributed by atoms with Crippen LogP contribution in [0.5, 0.6) is 11.5 Å². The highest BCUT2D eigenvalue weighted by Crippen LogP contribution is 2.35. The largest absolute Gasteiger partial charge is 0.503 e. The maximum absolute atomic E-state index is 11.7. The molecule has 2 rings (SSSR count). The van der Waals surface area contributed by atoms with Gasteiger partial charge in [0, 0.05) is 0 Å². The molecule has 0 bridgehead atoms. The van der Waals surface area contributed by atoms with Crippen molar-refractivity contribution in [2.75, 3.05) is 7.11 Å². The average Bonchev–Trinajstić information content (AvgIpc) is 2.93. The first-order valence-electron chi connectivity index (χ1n) is 5.44. The summed E-state index contributed by atoms with van der Waals surface area (Å²) in [7, 11) is 1.46. The Labute approximate surface area is 118 Å². The van der Waals surface area contributed by atoms with Crippen molar-refractivity contribution in [3.8, 4) is 11.5 Å². The molecule has 19 heavy (non-hydrogen) atoms. The molecule has 0 radical (unpaired) electrons. The lowest BCUT2D eigenvalue weighted by atomic mass is 10.1. The molecule has 1 heterocycles. The molecule has 4 nitrogen and oxygen atoms in total. The Bertz CT molecular complexity index is 615. The minimum atomic E-state index is -0.229. The minimum absolute atomic E-state index is 0.0250. The second kappa shape index (κ2) is 5.75. The number of benzene rings is 1. The van der Waals surface area contributed by atoms with Crippen LogP contribution in [-0.2, 0) is 0 Å². The quantitative estimate of drug-likeness (QED) is 0.689. The topological polar surface area (TPSA) is 59.7 Å². The SMILES string of the molecule is COc1cc(/C=C\C(=O)c2ccco2)cc(Br)c1O. The Kier molecular flexibility index (Phi) is 4.06. The fourth-order valence-electron chi connectivity index (χ4n) is 1.52. The van der Waals surface area contributed by atoms with Gasteiger partial charge in [0.2, 0.25) is 5.78 Å². The van der Waals surface area contributed by atoms with E-state index in [1.807, 2.05) is 0 Å². The van der Waals surface area contributed by atoms with Crippen molar-refractivity contribution in [3.05, 3.63) is 52.4 Å². The number of carbonyl (C=O) groups excluding carboxylic acids is 1. The molecule has 98 valence electrons. The highest BCUT2D eigenvalue weighted by Gasteiger charge is 2.08. The summed E-state index contributed by atoms with van der Waals surface area (Å²) in [5.41, 5.74) is 0.724. The number of aromatic hydroxyl groups is 1. The number of furan rings is 1. The lowest BCUT2D eigenvalue weighted by Crippen LogP contribution is -1.91. The van der Waals surface area contributed by atoms with E-state index in [1.165, 1.54) is 19.4 Å². The summed E-state index contributed by atoms with van der Waals surface area (Å²) in [5, 5.41) is 9.67. The molecule has 0 saturated heterocycles. The zero-order chi connectivity index (χ0) is 13.8. The summed E-state index contributed by atoms with van der Waals surface area (Å²) < 4.78 is 10.5. The number of carbonyl (C=O) groups is 1. The van der Waals surface area contributed by atoms with Crippen molar-refractivity contribution in [1.29, 1.82) is 0 Å². The fraction of sp³-hybridized carbons (Fsp3) is 0.0714. The van der Waals surface area contributed by atoms with E-state index in [2.05, 4.69) is 15.9 Å². The Hall–Kier alpha value is -2.01. The van der Waals surface area contributed by atoms with Crippen LogP contribution >= 0.6 is 15.9 Å².